The molecule has 4 bridgehead atoms. The van der Waals surface area contributed by atoms with Gasteiger partial charge in [0.15, 0.2) is 0 Å². The number of benzene rings is 2. The maximum Gasteiger partial charge on any atom is 0.258 e. The zero-order valence-corrected chi connectivity index (χ0v) is 35.0. The molecule has 2 saturated heterocycles. The van der Waals surface area contributed by atoms with Crippen LogP contribution in [-0.2, 0) is 35.8 Å². The highest BCUT2D eigenvalue weighted by atomic mass is 16.3. The van der Waals surface area contributed by atoms with Crippen molar-refractivity contribution in [2.75, 3.05) is 26.3 Å². The molecule has 4 N–H and O–H groups in total. The topological polar surface area (TPSA) is 149 Å². The van der Waals surface area contributed by atoms with Crippen molar-refractivity contribution in [3.05, 3.63) is 151 Å². The Kier molecular flexibility index (Phi) is 13.4. The third-order valence-electron chi connectivity index (χ3n) is 13.0. The van der Waals surface area contributed by atoms with E-state index in [1.165, 1.54) is 0 Å². The average Bonchev–Trinajstić information content (AvgIpc) is 3.65. The first-order valence-corrected chi connectivity index (χ1v) is 21.3. The number of nitrogens with one attached hydrogen (secondary N) is 2. The first kappa shape index (κ1) is 42.7. The van der Waals surface area contributed by atoms with Gasteiger partial charge in [-0.1, -0.05) is 98.8 Å². The Morgan fingerprint density at radius 2 is 1.00 bits per heavy atom. The van der Waals surface area contributed by atoms with E-state index in [1.807, 2.05) is 132 Å². The van der Waals surface area contributed by atoms with Gasteiger partial charge in [-0.05, 0) is 62.3 Å². The molecule has 0 spiro atoms. The maximum absolute atomic E-state index is 13.3. The fourth-order valence-electron chi connectivity index (χ4n) is 10.4. The number of nitrogens with zero attached hydrogens (tertiary/aromatic N) is 4. The molecule has 12 nitrogen and oxygen atoms in total. The summed E-state index contributed by atoms with van der Waals surface area (Å²) in [6, 6.07) is 26.7. The van der Waals surface area contributed by atoms with E-state index in [0.717, 1.165) is 35.6 Å². The minimum Gasteiger partial charge on any atom is -0.396 e. The molecule has 2 aromatic heterocycles. The lowest BCUT2D eigenvalue weighted by Gasteiger charge is -2.37. The van der Waals surface area contributed by atoms with Crippen LogP contribution in [0.2, 0.25) is 0 Å². The van der Waals surface area contributed by atoms with Crippen LogP contribution in [0.3, 0.4) is 0 Å². The number of aliphatic hydroxyl groups excluding tert-OH is 2. The van der Waals surface area contributed by atoms with Crippen molar-refractivity contribution >= 4 is 24.0 Å². The van der Waals surface area contributed by atoms with Gasteiger partial charge >= 0.3 is 0 Å². The monoisotopic (exact) mass is 814 g/mol. The fraction of sp³-hybridized carbons (Fsp3) is 0.417. The van der Waals surface area contributed by atoms with Gasteiger partial charge in [0.1, 0.15) is 0 Å². The summed E-state index contributed by atoms with van der Waals surface area (Å²) in [6.07, 6.45) is 7.35. The van der Waals surface area contributed by atoms with E-state index in [1.54, 1.807) is 0 Å². The van der Waals surface area contributed by atoms with Crippen LogP contribution in [0, 0.1) is 23.7 Å². The minimum absolute atomic E-state index is 0.0293. The van der Waals surface area contributed by atoms with Crippen molar-refractivity contribution in [1.29, 1.82) is 0 Å². The smallest absolute Gasteiger partial charge is 0.258 e. The molecule has 8 atom stereocenters. The zero-order chi connectivity index (χ0) is 42.5. The number of amides is 2. The number of rotatable bonds is 12. The highest BCUT2D eigenvalue weighted by molar-refractivity contribution is 5.81. The number of allylic oxidation sites excluding steroid dienone is 2. The number of likely N-dealkylation sites (N-methyl/N-ethyl adjacent to an activating group) is 2. The third kappa shape index (κ3) is 7.97. The molecule has 0 saturated carbocycles. The van der Waals surface area contributed by atoms with Crippen LogP contribution in [0.25, 0.3) is 12.2 Å². The van der Waals surface area contributed by atoms with Gasteiger partial charge in [-0.15, -0.1) is 0 Å². The number of carbonyl (C=O) groups is 2. The molecule has 2 amide bonds. The molecule has 316 valence electrons. The molecule has 2 fully saturated rings. The van der Waals surface area contributed by atoms with Crippen LogP contribution in [-0.4, -0.2) is 79.3 Å². The van der Waals surface area contributed by atoms with Gasteiger partial charge in [0.05, 0.1) is 23.9 Å². The predicted molar refractivity (Wildman–Crippen MR) is 233 cm³/mol. The number of pyridine rings is 2. The Balaban J connectivity index is 0.000000181. The molecule has 0 radical (unpaired) electrons. The maximum atomic E-state index is 13.3. The quantitative estimate of drug-likeness (QED) is 0.165. The molecule has 6 heterocycles. The Bertz CT molecular complexity index is 2160. The van der Waals surface area contributed by atoms with Crippen LogP contribution < -0.4 is 21.8 Å². The number of hydrogen-bond acceptors (Lipinski definition) is 8. The highest BCUT2D eigenvalue weighted by Crippen LogP contribution is 2.49. The summed E-state index contributed by atoms with van der Waals surface area (Å²) >= 11 is 0. The van der Waals surface area contributed by atoms with Crippen LogP contribution in [0.15, 0.2) is 107 Å². The molecular formula is C48H58N6O6. The van der Waals surface area contributed by atoms with E-state index < -0.39 is 11.8 Å². The Morgan fingerprint density at radius 1 is 0.617 bits per heavy atom. The molecule has 60 heavy (non-hydrogen) atoms. The van der Waals surface area contributed by atoms with Crippen LogP contribution in [0.5, 0.6) is 0 Å². The molecule has 8 rings (SSSR count). The molecule has 4 aliphatic heterocycles. The second kappa shape index (κ2) is 18.9. The van der Waals surface area contributed by atoms with E-state index >= 15 is 0 Å². The molecule has 2 aromatic carbocycles. The van der Waals surface area contributed by atoms with Crippen molar-refractivity contribution in [3.8, 4) is 0 Å². The van der Waals surface area contributed by atoms with E-state index in [-0.39, 0.29) is 72.1 Å². The van der Waals surface area contributed by atoms with Crippen molar-refractivity contribution in [2.24, 2.45) is 23.7 Å². The first-order valence-electron chi connectivity index (χ1n) is 21.3. The second-order valence-corrected chi connectivity index (χ2v) is 16.1. The van der Waals surface area contributed by atoms with Gasteiger partial charge in [0.25, 0.3) is 11.1 Å². The van der Waals surface area contributed by atoms with E-state index in [2.05, 4.69) is 34.3 Å². The molecule has 0 aliphatic carbocycles. The fourth-order valence-corrected chi connectivity index (χ4v) is 10.4. The zero-order valence-electron chi connectivity index (χ0n) is 35.0. The van der Waals surface area contributed by atoms with Crippen molar-refractivity contribution < 1.29 is 19.8 Å². The third-order valence-corrected chi connectivity index (χ3v) is 13.0. The average molecular weight is 815 g/mol. The summed E-state index contributed by atoms with van der Waals surface area (Å²) in [4.78, 5) is 57.2. The summed E-state index contributed by atoms with van der Waals surface area (Å²) in [6.45, 7) is 11.2. The summed E-state index contributed by atoms with van der Waals surface area (Å²) < 4.78 is 3.62. The van der Waals surface area contributed by atoms with Gasteiger partial charge in [0, 0.05) is 85.8 Å². The lowest BCUT2D eigenvalue weighted by molar-refractivity contribution is -0.128. The summed E-state index contributed by atoms with van der Waals surface area (Å²) in [7, 11) is 0. The normalized spacial score (nSPS) is 25.4. The van der Waals surface area contributed by atoms with Crippen molar-refractivity contribution in [3.63, 3.8) is 0 Å². The standard InChI is InChI=1S/2C24H29N3O3/c2*1-3-8-17-11-12-19-22-21(23(29)25-13-16-9-6-5-7-10-16)18(15-28)20(26(22)4-2)14-27(19)24(17)30/h2*3,5-12,18,20-22,28H,4,13-15H2,1-2H3,(H,25,29)/b8-3+;8-3-/t2*18-,20-,21+,22+/m11/s1. The largest absolute Gasteiger partial charge is 0.396 e. The van der Waals surface area contributed by atoms with Gasteiger partial charge < -0.3 is 30.0 Å². The lowest BCUT2D eigenvalue weighted by Crippen LogP contribution is -2.46. The summed E-state index contributed by atoms with van der Waals surface area (Å²) in [5, 5.41) is 26.6. The lowest BCUT2D eigenvalue weighted by atomic mass is 9.86. The van der Waals surface area contributed by atoms with Gasteiger partial charge in [-0.2, -0.15) is 0 Å². The van der Waals surface area contributed by atoms with Crippen LogP contribution >= 0.6 is 0 Å². The molecular weight excluding hydrogens is 757 g/mol. The second-order valence-electron chi connectivity index (χ2n) is 16.1. The number of fused-ring (bicyclic) bond motifs is 8. The van der Waals surface area contributed by atoms with Crippen LogP contribution in [0.4, 0.5) is 0 Å². The minimum atomic E-state index is -0.399. The highest BCUT2D eigenvalue weighted by Gasteiger charge is 2.56. The Morgan fingerprint density at radius 3 is 1.33 bits per heavy atom. The predicted octanol–water partition coefficient (Wildman–Crippen LogP) is 4.36. The summed E-state index contributed by atoms with van der Waals surface area (Å²) in [5.74, 6) is -1.36. The van der Waals surface area contributed by atoms with Gasteiger partial charge in [-0.3, -0.25) is 29.0 Å². The Labute approximate surface area is 351 Å². The number of aliphatic hydroxyl groups is 2. The van der Waals surface area contributed by atoms with E-state index in [4.69, 9.17) is 0 Å². The van der Waals surface area contributed by atoms with Gasteiger partial charge in [-0.25, -0.2) is 0 Å². The Hall–Kier alpha value is -5.40. The van der Waals surface area contributed by atoms with E-state index in [0.29, 0.717) is 37.3 Å². The first-order chi connectivity index (χ1) is 29.2. The van der Waals surface area contributed by atoms with E-state index in [9.17, 15) is 29.4 Å². The number of hydrogen-bond donors (Lipinski definition) is 4. The van der Waals surface area contributed by atoms with Gasteiger partial charge in [0.2, 0.25) is 11.8 Å². The molecule has 0 unspecified atom stereocenters. The summed E-state index contributed by atoms with van der Waals surface area (Å²) in [5.41, 5.74) is 5.04. The SMILES string of the molecule is C/C=C/c1ccc2n(c1=O)C[C@@H]1[C@@H](CO)[C@H](C(=O)NCc3ccccc3)[C@H]2N1CC.C/C=C\c1ccc2n(c1=O)C[C@@H]1[C@@H](CO)[C@H](C(=O)NCc3ccccc3)[C@H]2N1CC. The van der Waals surface area contributed by atoms with Crippen molar-refractivity contribution in [2.45, 2.75) is 78.0 Å². The molecule has 12 heteroatoms. The molecule has 4 aromatic rings. The van der Waals surface area contributed by atoms with Crippen LogP contribution in [0.1, 0.15) is 73.4 Å². The number of aromatic nitrogens is 2. The molecule has 4 aliphatic rings. The number of carbonyl (C=O) groups excluding carboxylic acids is 2. The van der Waals surface area contributed by atoms with Crippen molar-refractivity contribution in [1.82, 2.24) is 29.6 Å².